The van der Waals surface area contributed by atoms with Crippen LogP contribution >= 0.6 is 15.2 Å². The number of amides is 1. The van der Waals surface area contributed by atoms with Gasteiger partial charge in [0.05, 0.1) is 26.4 Å². The van der Waals surface area contributed by atoms with Gasteiger partial charge in [-0.1, -0.05) is 24.6 Å². The highest BCUT2D eigenvalue weighted by Gasteiger charge is 2.50. The lowest BCUT2D eigenvalue weighted by Gasteiger charge is -2.31. The van der Waals surface area contributed by atoms with Gasteiger partial charge in [-0.3, -0.25) is 13.9 Å². The molecule has 0 bridgehead atoms. The summed E-state index contributed by atoms with van der Waals surface area (Å²) in [7, 11) is -7.45. The molecule has 0 atom stereocenters. The minimum atomic E-state index is -3.73. The number of hydrogen-bond donors (Lipinski definition) is 1. The summed E-state index contributed by atoms with van der Waals surface area (Å²) in [6.07, 6.45) is 1.40. The largest absolute Gasteiger partial charge is 0.352 e. The van der Waals surface area contributed by atoms with Gasteiger partial charge in [-0.25, -0.2) is 0 Å². The molecule has 10 heteroatoms. The van der Waals surface area contributed by atoms with Gasteiger partial charge in [0.2, 0.25) is 0 Å². The third kappa shape index (κ3) is 8.26. The average Bonchev–Trinajstić information content (AvgIpc) is 2.71. The minimum Gasteiger partial charge on any atom is -0.352 e. The first kappa shape index (κ1) is 27.0. The third-order valence-corrected chi connectivity index (χ3v) is 10.3. The molecule has 30 heavy (non-hydrogen) atoms. The van der Waals surface area contributed by atoms with E-state index >= 15 is 0 Å². The first-order valence-corrected chi connectivity index (χ1v) is 13.7. The molecule has 0 saturated heterocycles. The van der Waals surface area contributed by atoms with Gasteiger partial charge in [-0.15, -0.1) is 0 Å². The molecule has 1 rings (SSSR count). The van der Waals surface area contributed by atoms with Crippen LogP contribution in [0.15, 0.2) is 30.3 Å². The summed E-state index contributed by atoms with van der Waals surface area (Å²) in [5.74, 6) is -0.157. The van der Waals surface area contributed by atoms with Crippen molar-refractivity contribution in [2.45, 2.75) is 52.4 Å². The van der Waals surface area contributed by atoms with Crippen molar-refractivity contribution in [3.05, 3.63) is 35.9 Å². The fourth-order valence-electron chi connectivity index (χ4n) is 2.97. The van der Waals surface area contributed by atoms with Crippen molar-refractivity contribution >= 4 is 21.1 Å². The number of carbonyl (C=O) groups excluding carboxylic acids is 1. The zero-order valence-electron chi connectivity index (χ0n) is 18.4. The molecule has 0 aliphatic rings. The van der Waals surface area contributed by atoms with E-state index in [0.29, 0.717) is 24.9 Å². The zero-order chi connectivity index (χ0) is 22.5. The van der Waals surface area contributed by atoms with E-state index < -0.39 is 20.6 Å². The maximum Gasteiger partial charge on any atom is 0.345 e. The molecule has 0 heterocycles. The lowest BCUT2D eigenvalue weighted by molar-refractivity contribution is 0.0952. The van der Waals surface area contributed by atoms with E-state index in [9.17, 15) is 13.9 Å². The molecule has 0 radical (unpaired) electrons. The number of rotatable bonds is 16. The molecule has 8 nitrogen and oxygen atoms in total. The first-order valence-electron chi connectivity index (χ1n) is 10.5. The maximum atomic E-state index is 13.4. The molecule has 0 saturated carbocycles. The van der Waals surface area contributed by atoms with Crippen LogP contribution < -0.4 is 5.32 Å². The second-order valence-corrected chi connectivity index (χ2v) is 11.2. The second kappa shape index (κ2) is 14.1. The Morgan fingerprint density at radius 3 is 1.73 bits per heavy atom. The van der Waals surface area contributed by atoms with Gasteiger partial charge in [0.15, 0.2) is 5.40 Å². The molecular formula is C20H35NO7P2. The SMILES string of the molecule is CCOP(=O)(OCC)C(CCCCNC(=O)c1ccccc1)P(=O)(OCC)OCC. The quantitative estimate of drug-likeness (QED) is 0.257. The fraction of sp³-hybridized carbons (Fsp3) is 0.650. The van der Waals surface area contributed by atoms with Crippen molar-refractivity contribution < 1.29 is 32.0 Å². The zero-order valence-corrected chi connectivity index (χ0v) is 20.2. The normalized spacial score (nSPS) is 12.3. The van der Waals surface area contributed by atoms with Crippen molar-refractivity contribution in [1.29, 1.82) is 0 Å². The molecule has 0 unspecified atom stereocenters. The summed E-state index contributed by atoms with van der Waals surface area (Å²) in [5, 5.41) is 1.83. The van der Waals surface area contributed by atoms with Gasteiger partial charge in [0, 0.05) is 12.1 Å². The lowest BCUT2D eigenvalue weighted by atomic mass is 10.2. The van der Waals surface area contributed by atoms with Gasteiger partial charge in [0.25, 0.3) is 5.91 Å². The van der Waals surface area contributed by atoms with Gasteiger partial charge in [-0.05, 0) is 52.7 Å². The summed E-state index contributed by atoms with van der Waals surface area (Å²) < 4.78 is 48.7. The Bertz CT molecular complexity index is 664. The highest BCUT2D eigenvalue weighted by molar-refractivity contribution is 7.72. The summed E-state index contributed by atoms with van der Waals surface area (Å²) in [4.78, 5) is 12.1. The van der Waals surface area contributed by atoms with Crippen molar-refractivity contribution in [3.63, 3.8) is 0 Å². The third-order valence-electron chi connectivity index (χ3n) is 4.18. The van der Waals surface area contributed by atoms with E-state index in [1.807, 2.05) is 6.07 Å². The molecule has 0 aliphatic heterocycles. The topological polar surface area (TPSA) is 100 Å². The maximum absolute atomic E-state index is 13.4. The van der Waals surface area contributed by atoms with Gasteiger partial charge in [-0.2, -0.15) is 0 Å². The molecule has 1 aromatic carbocycles. The van der Waals surface area contributed by atoms with E-state index in [4.69, 9.17) is 18.1 Å². The number of carbonyl (C=O) groups is 1. The number of unbranched alkanes of at least 4 members (excludes halogenated alkanes) is 1. The summed E-state index contributed by atoms with van der Waals surface area (Å²) in [6, 6.07) is 8.94. The van der Waals surface area contributed by atoms with E-state index in [1.165, 1.54) is 0 Å². The molecule has 0 aliphatic carbocycles. The fourth-order valence-corrected chi connectivity index (χ4v) is 8.43. The number of hydrogen-bond acceptors (Lipinski definition) is 7. The van der Waals surface area contributed by atoms with Crippen molar-refractivity contribution in [1.82, 2.24) is 5.32 Å². The Morgan fingerprint density at radius 2 is 1.30 bits per heavy atom. The average molecular weight is 463 g/mol. The molecule has 1 N–H and O–H groups in total. The highest BCUT2D eigenvalue weighted by Crippen LogP contribution is 2.71. The van der Waals surface area contributed by atoms with Crippen LogP contribution in [0.3, 0.4) is 0 Å². The molecular weight excluding hydrogens is 428 g/mol. The Labute approximate surface area is 180 Å². The van der Waals surface area contributed by atoms with E-state index in [2.05, 4.69) is 5.32 Å². The van der Waals surface area contributed by atoms with Gasteiger partial charge in [0.1, 0.15) is 0 Å². The van der Waals surface area contributed by atoms with Crippen molar-refractivity contribution in [2.24, 2.45) is 0 Å². The van der Waals surface area contributed by atoms with E-state index in [-0.39, 0.29) is 38.8 Å². The second-order valence-electron chi connectivity index (χ2n) is 6.35. The Hall–Kier alpha value is -1.01. The standard InChI is InChI=1S/C20H35NO7P2/c1-5-25-29(23,26-6-2)19(30(24,27-7-3)28-8-4)16-12-13-17-21-20(22)18-14-10-9-11-15-18/h9-11,14-15,19H,5-8,12-13,16-17H2,1-4H3,(H,21,22). The van der Waals surface area contributed by atoms with Crippen LogP contribution in [0.4, 0.5) is 0 Å². The van der Waals surface area contributed by atoms with Gasteiger partial charge < -0.3 is 23.4 Å². The van der Waals surface area contributed by atoms with Crippen molar-refractivity contribution in [3.8, 4) is 0 Å². The summed E-state index contributed by atoms with van der Waals surface area (Å²) in [5.41, 5.74) is 0.588. The van der Waals surface area contributed by atoms with E-state index in [1.54, 1.807) is 52.0 Å². The molecule has 1 amide bonds. The minimum absolute atomic E-state index is 0.152. The molecule has 0 aromatic heterocycles. The highest BCUT2D eigenvalue weighted by atomic mass is 31.2. The van der Waals surface area contributed by atoms with Crippen LogP contribution in [-0.2, 0) is 27.2 Å². The first-order chi connectivity index (χ1) is 14.4. The Balaban J connectivity index is 2.81. The van der Waals surface area contributed by atoms with Crippen molar-refractivity contribution in [2.75, 3.05) is 33.0 Å². The van der Waals surface area contributed by atoms with Crippen LogP contribution in [0.5, 0.6) is 0 Å². The molecule has 0 fully saturated rings. The van der Waals surface area contributed by atoms with Crippen LogP contribution in [-0.4, -0.2) is 44.3 Å². The van der Waals surface area contributed by atoms with Gasteiger partial charge >= 0.3 is 15.2 Å². The molecule has 1 aromatic rings. The Kier molecular flexibility index (Phi) is 12.7. The smallest absolute Gasteiger partial charge is 0.345 e. The summed E-state index contributed by atoms with van der Waals surface area (Å²) in [6.45, 7) is 7.85. The summed E-state index contributed by atoms with van der Waals surface area (Å²) >= 11 is 0. The van der Waals surface area contributed by atoms with Crippen LogP contribution in [0.25, 0.3) is 0 Å². The van der Waals surface area contributed by atoms with Crippen LogP contribution in [0, 0.1) is 0 Å². The Morgan fingerprint density at radius 1 is 0.833 bits per heavy atom. The lowest BCUT2D eigenvalue weighted by Crippen LogP contribution is -2.24. The predicted molar refractivity (Wildman–Crippen MR) is 118 cm³/mol. The predicted octanol–water partition coefficient (Wildman–Crippen LogP) is 5.45. The van der Waals surface area contributed by atoms with Crippen LogP contribution in [0.1, 0.15) is 57.3 Å². The molecule has 0 spiro atoms. The number of benzene rings is 1. The van der Waals surface area contributed by atoms with Crippen LogP contribution in [0.2, 0.25) is 0 Å². The van der Waals surface area contributed by atoms with E-state index in [0.717, 1.165) is 0 Å². The molecule has 172 valence electrons. The monoisotopic (exact) mass is 463 g/mol. The number of nitrogens with one attached hydrogen (secondary N) is 1.